The lowest BCUT2D eigenvalue weighted by Gasteiger charge is -2.14. The summed E-state index contributed by atoms with van der Waals surface area (Å²) in [7, 11) is 0. The zero-order valence-corrected chi connectivity index (χ0v) is 17.7. The van der Waals surface area contributed by atoms with Gasteiger partial charge in [-0.2, -0.15) is 18.3 Å². The number of fused-ring (bicyclic) bond motifs is 1. The van der Waals surface area contributed by atoms with E-state index in [2.05, 4.69) is 15.4 Å². The monoisotopic (exact) mass is 483 g/mol. The van der Waals surface area contributed by atoms with Crippen molar-refractivity contribution in [2.75, 3.05) is 5.32 Å². The summed E-state index contributed by atoms with van der Waals surface area (Å²) in [5.74, 6) is -1.44. The fourth-order valence-corrected chi connectivity index (χ4v) is 4.19. The Morgan fingerprint density at radius 1 is 1.38 bits per heavy atom. The largest absolute Gasteiger partial charge is 0.464 e. The Balaban J connectivity index is 1.90. The molecule has 32 heavy (non-hydrogen) atoms. The van der Waals surface area contributed by atoms with Gasteiger partial charge >= 0.3 is 6.18 Å². The number of nitrogens with two attached hydrogens (primary N) is 1. The Morgan fingerprint density at radius 3 is 2.69 bits per heavy atom. The molecule has 0 saturated carbocycles. The number of nitrogens with one attached hydrogen (secondary N) is 1. The van der Waals surface area contributed by atoms with Crippen LogP contribution in [0.25, 0.3) is 21.5 Å². The van der Waals surface area contributed by atoms with E-state index >= 15 is 0 Å². The highest BCUT2D eigenvalue weighted by Crippen LogP contribution is 2.43. The molecular formula is C19H13ClF3N5O3S. The highest BCUT2D eigenvalue weighted by molar-refractivity contribution is 7.21. The number of thiophene rings is 1. The van der Waals surface area contributed by atoms with Crippen LogP contribution < -0.4 is 11.1 Å². The lowest BCUT2D eigenvalue weighted by molar-refractivity contribution is -0.140. The first-order valence-corrected chi connectivity index (χ1v) is 10.1. The predicted molar refractivity (Wildman–Crippen MR) is 111 cm³/mol. The molecule has 0 spiro atoms. The number of amides is 2. The van der Waals surface area contributed by atoms with Crippen molar-refractivity contribution in [2.24, 2.45) is 5.73 Å². The van der Waals surface area contributed by atoms with Gasteiger partial charge in [0.15, 0.2) is 0 Å². The van der Waals surface area contributed by atoms with Crippen molar-refractivity contribution in [3.63, 3.8) is 0 Å². The van der Waals surface area contributed by atoms with Crippen LogP contribution >= 0.6 is 22.9 Å². The number of alkyl halides is 3. The van der Waals surface area contributed by atoms with E-state index in [1.165, 1.54) is 42.4 Å². The maximum Gasteiger partial charge on any atom is 0.433 e. The normalized spacial score (nSPS) is 12.8. The van der Waals surface area contributed by atoms with Crippen LogP contribution in [0, 0.1) is 0 Å². The van der Waals surface area contributed by atoms with E-state index in [0.717, 1.165) is 6.07 Å². The van der Waals surface area contributed by atoms with Crippen molar-refractivity contribution in [1.29, 1.82) is 0 Å². The van der Waals surface area contributed by atoms with Gasteiger partial charge in [0.2, 0.25) is 5.91 Å². The summed E-state index contributed by atoms with van der Waals surface area (Å²) in [6.07, 6.45) is -0.683. The van der Waals surface area contributed by atoms with Gasteiger partial charge in [0.25, 0.3) is 5.91 Å². The molecule has 0 radical (unpaired) electrons. The van der Waals surface area contributed by atoms with Gasteiger partial charge in [-0.05, 0) is 25.1 Å². The van der Waals surface area contributed by atoms with E-state index in [1.807, 2.05) is 0 Å². The van der Waals surface area contributed by atoms with Gasteiger partial charge in [-0.25, -0.2) is 4.98 Å². The van der Waals surface area contributed by atoms with E-state index in [-0.39, 0.29) is 32.1 Å². The second kappa shape index (κ2) is 7.95. The van der Waals surface area contributed by atoms with Crippen molar-refractivity contribution in [2.45, 2.75) is 19.1 Å². The summed E-state index contributed by atoms with van der Waals surface area (Å²) < 4.78 is 46.9. The summed E-state index contributed by atoms with van der Waals surface area (Å²) in [4.78, 5) is 28.3. The first kappa shape index (κ1) is 21.8. The molecule has 13 heteroatoms. The number of carbonyl (C=O) groups is 2. The van der Waals surface area contributed by atoms with E-state index in [1.54, 1.807) is 0 Å². The molecular weight excluding hydrogens is 471 g/mol. The second-order valence-corrected chi connectivity index (χ2v) is 8.12. The van der Waals surface area contributed by atoms with Crippen LogP contribution in [-0.4, -0.2) is 26.6 Å². The number of anilines is 1. The first-order chi connectivity index (χ1) is 15.1. The summed E-state index contributed by atoms with van der Waals surface area (Å²) in [5.41, 5.74) is 4.22. The fourth-order valence-electron chi connectivity index (χ4n) is 3.04. The third-order valence-corrected chi connectivity index (χ3v) is 5.85. The van der Waals surface area contributed by atoms with Crippen molar-refractivity contribution in [3.8, 4) is 11.3 Å². The van der Waals surface area contributed by atoms with Crippen molar-refractivity contribution < 1.29 is 27.2 Å². The van der Waals surface area contributed by atoms with E-state index in [9.17, 15) is 22.8 Å². The zero-order valence-electron chi connectivity index (χ0n) is 16.1. The Kier molecular flexibility index (Phi) is 5.42. The SMILES string of the molecule is CC(C(=O)Nc1c(C(N)=O)sc2nc(C(F)(F)F)cc(-c3ccco3)c12)n1cc(Cl)cn1. The Labute approximate surface area is 186 Å². The summed E-state index contributed by atoms with van der Waals surface area (Å²) in [6.45, 7) is 1.53. The van der Waals surface area contributed by atoms with Crippen LogP contribution in [0.2, 0.25) is 5.02 Å². The molecule has 8 nitrogen and oxygen atoms in total. The number of carbonyl (C=O) groups excluding carboxylic acids is 2. The molecule has 4 heterocycles. The topological polar surface area (TPSA) is 116 Å². The molecule has 1 atom stereocenters. The third kappa shape index (κ3) is 3.94. The predicted octanol–water partition coefficient (Wildman–Crippen LogP) is 4.72. The van der Waals surface area contributed by atoms with Crippen LogP contribution in [-0.2, 0) is 11.0 Å². The third-order valence-electron chi connectivity index (χ3n) is 4.56. The number of hydrogen-bond donors (Lipinski definition) is 2. The van der Waals surface area contributed by atoms with E-state index < -0.39 is 29.7 Å². The van der Waals surface area contributed by atoms with Gasteiger partial charge in [0.1, 0.15) is 27.2 Å². The van der Waals surface area contributed by atoms with Crippen LogP contribution in [0.5, 0.6) is 0 Å². The lowest BCUT2D eigenvalue weighted by Crippen LogP contribution is -2.25. The van der Waals surface area contributed by atoms with Crippen LogP contribution in [0.15, 0.2) is 41.3 Å². The lowest BCUT2D eigenvalue weighted by atomic mass is 10.1. The highest BCUT2D eigenvalue weighted by atomic mass is 35.5. The fraction of sp³-hybridized carbons (Fsp3) is 0.158. The van der Waals surface area contributed by atoms with E-state index in [4.69, 9.17) is 21.8 Å². The van der Waals surface area contributed by atoms with Crippen molar-refractivity contribution in [3.05, 3.63) is 52.4 Å². The van der Waals surface area contributed by atoms with Crippen LogP contribution in [0.4, 0.5) is 18.9 Å². The van der Waals surface area contributed by atoms with Gasteiger partial charge in [0, 0.05) is 17.1 Å². The summed E-state index contributed by atoms with van der Waals surface area (Å²) in [5, 5.41) is 6.97. The summed E-state index contributed by atoms with van der Waals surface area (Å²) >= 11 is 6.48. The Bertz CT molecular complexity index is 1330. The van der Waals surface area contributed by atoms with Crippen molar-refractivity contribution in [1.82, 2.24) is 14.8 Å². The molecule has 4 aromatic rings. The van der Waals surface area contributed by atoms with Crippen LogP contribution in [0.1, 0.15) is 28.3 Å². The number of rotatable bonds is 5. The molecule has 0 aliphatic carbocycles. The van der Waals surface area contributed by atoms with E-state index in [0.29, 0.717) is 16.4 Å². The molecule has 0 aliphatic heterocycles. The maximum absolute atomic E-state index is 13.4. The summed E-state index contributed by atoms with van der Waals surface area (Å²) in [6, 6.07) is 2.90. The smallest absolute Gasteiger partial charge is 0.433 e. The molecule has 3 N–H and O–H groups in total. The molecule has 166 valence electrons. The van der Waals surface area contributed by atoms with Gasteiger partial charge in [-0.15, -0.1) is 11.3 Å². The molecule has 0 bridgehead atoms. The number of primary amides is 1. The Morgan fingerprint density at radius 2 is 2.12 bits per heavy atom. The Hall–Kier alpha value is -3.38. The van der Waals surface area contributed by atoms with Gasteiger partial charge < -0.3 is 15.5 Å². The highest BCUT2D eigenvalue weighted by Gasteiger charge is 2.35. The molecule has 4 rings (SSSR count). The number of pyridine rings is 1. The first-order valence-electron chi connectivity index (χ1n) is 8.95. The standard InChI is InChI=1S/C19H13ClF3N5O3S/c1-8(28-7-9(20)6-25-28)17(30)27-14-13-10(11-3-2-4-31-11)5-12(19(21,22)23)26-18(13)32-15(14)16(24)29/h2-8H,1H3,(H2,24,29)(H,27,30). The van der Waals surface area contributed by atoms with Gasteiger partial charge in [0.05, 0.1) is 23.2 Å². The molecule has 0 saturated heterocycles. The molecule has 1 unspecified atom stereocenters. The number of hydrogen-bond acceptors (Lipinski definition) is 6. The number of nitrogens with zero attached hydrogens (tertiary/aromatic N) is 3. The van der Waals surface area contributed by atoms with Crippen molar-refractivity contribution >= 4 is 50.7 Å². The zero-order chi connectivity index (χ0) is 23.2. The number of furan rings is 1. The van der Waals surface area contributed by atoms with Gasteiger partial charge in [-0.3, -0.25) is 14.3 Å². The molecule has 0 aliphatic rings. The molecule has 4 aromatic heterocycles. The minimum absolute atomic E-state index is 0.00108. The number of halogens is 4. The van der Waals surface area contributed by atoms with Crippen LogP contribution in [0.3, 0.4) is 0 Å². The molecule has 0 fully saturated rings. The van der Waals surface area contributed by atoms with Gasteiger partial charge in [-0.1, -0.05) is 11.6 Å². The minimum atomic E-state index is -4.75. The second-order valence-electron chi connectivity index (χ2n) is 6.68. The number of aromatic nitrogens is 3. The average molecular weight is 484 g/mol. The maximum atomic E-state index is 13.4. The average Bonchev–Trinajstić information content (AvgIpc) is 3.46. The molecule has 2 amide bonds. The quantitative estimate of drug-likeness (QED) is 0.426. The molecule has 0 aromatic carbocycles. The minimum Gasteiger partial charge on any atom is -0.464 e.